The number of nitrogens with one attached hydrogen (secondary N) is 1. The summed E-state index contributed by atoms with van der Waals surface area (Å²) in [7, 11) is 0. The molecule has 0 unspecified atom stereocenters. The van der Waals surface area contributed by atoms with Crippen LogP contribution in [0.5, 0.6) is 0 Å². The number of aryl methyl sites for hydroxylation is 1. The highest BCUT2D eigenvalue weighted by atomic mass is 16.6. The number of nitro benzene ring substituents is 1. The van der Waals surface area contributed by atoms with Crippen molar-refractivity contribution in [3.63, 3.8) is 0 Å². The average Bonchev–Trinajstić information content (AvgIpc) is 2.71. The van der Waals surface area contributed by atoms with Gasteiger partial charge in [0, 0.05) is 50.4 Å². The Morgan fingerprint density at radius 2 is 1.90 bits per heavy atom. The highest BCUT2D eigenvalue weighted by Gasteiger charge is 2.25. The molecular weight excluding hydrogens is 374 g/mol. The maximum atomic E-state index is 12.5. The third kappa shape index (κ3) is 4.87. The van der Waals surface area contributed by atoms with Crippen molar-refractivity contribution in [3.05, 3.63) is 63.5 Å². The van der Waals surface area contributed by atoms with E-state index in [4.69, 9.17) is 0 Å². The van der Waals surface area contributed by atoms with Gasteiger partial charge in [0.2, 0.25) is 5.91 Å². The number of hydrogen-bond acceptors (Lipinski definition) is 6. The van der Waals surface area contributed by atoms with Gasteiger partial charge in [-0.3, -0.25) is 24.7 Å². The van der Waals surface area contributed by atoms with Crippen molar-refractivity contribution in [2.75, 3.05) is 31.1 Å². The summed E-state index contributed by atoms with van der Waals surface area (Å²) in [6, 6.07) is 10.0. The zero-order valence-corrected chi connectivity index (χ0v) is 16.4. The number of carbonyl (C=O) groups excluding carboxylic acids is 2. The van der Waals surface area contributed by atoms with Crippen molar-refractivity contribution in [2.45, 2.75) is 20.4 Å². The van der Waals surface area contributed by atoms with Crippen molar-refractivity contribution < 1.29 is 14.5 Å². The number of piperazine rings is 1. The SMILES string of the molecule is CC(=O)N1CCN(c2ccc(C(=O)NCc3cccc(C)n3)cc2[N+](=O)[O-])CC1. The predicted molar refractivity (Wildman–Crippen MR) is 108 cm³/mol. The molecule has 0 aliphatic carbocycles. The number of nitrogens with zero attached hydrogens (tertiary/aromatic N) is 4. The number of hydrogen-bond donors (Lipinski definition) is 1. The zero-order valence-electron chi connectivity index (χ0n) is 16.4. The molecule has 0 spiro atoms. The molecule has 9 nitrogen and oxygen atoms in total. The molecular formula is C20H23N5O4. The van der Waals surface area contributed by atoms with Crippen molar-refractivity contribution in [1.82, 2.24) is 15.2 Å². The van der Waals surface area contributed by atoms with E-state index in [0.29, 0.717) is 37.6 Å². The van der Waals surface area contributed by atoms with Gasteiger partial charge < -0.3 is 15.1 Å². The monoisotopic (exact) mass is 397 g/mol. The van der Waals surface area contributed by atoms with Gasteiger partial charge in [0.1, 0.15) is 5.69 Å². The molecule has 1 aliphatic rings. The molecule has 1 aliphatic heterocycles. The van der Waals surface area contributed by atoms with E-state index in [1.165, 1.54) is 13.0 Å². The quantitative estimate of drug-likeness (QED) is 0.610. The maximum absolute atomic E-state index is 12.5. The smallest absolute Gasteiger partial charge is 0.293 e. The van der Waals surface area contributed by atoms with Crippen molar-refractivity contribution >= 4 is 23.2 Å². The van der Waals surface area contributed by atoms with E-state index in [1.54, 1.807) is 23.1 Å². The molecule has 2 aromatic rings. The second-order valence-corrected chi connectivity index (χ2v) is 6.91. The number of amides is 2. The fourth-order valence-corrected chi connectivity index (χ4v) is 3.31. The fourth-order valence-electron chi connectivity index (χ4n) is 3.31. The number of anilines is 1. The maximum Gasteiger partial charge on any atom is 0.293 e. The lowest BCUT2D eigenvalue weighted by atomic mass is 10.1. The van der Waals surface area contributed by atoms with Gasteiger partial charge in [0.25, 0.3) is 11.6 Å². The van der Waals surface area contributed by atoms with Gasteiger partial charge in [-0.2, -0.15) is 0 Å². The number of rotatable bonds is 5. The highest BCUT2D eigenvalue weighted by Crippen LogP contribution is 2.30. The fraction of sp³-hybridized carbons (Fsp3) is 0.350. The Bertz CT molecular complexity index is 938. The summed E-state index contributed by atoms with van der Waals surface area (Å²) in [6.45, 7) is 5.65. The van der Waals surface area contributed by atoms with E-state index in [2.05, 4.69) is 10.3 Å². The Labute approximate surface area is 168 Å². The molecule has 2 heterocycles. The zero-order chi connectivity index (χ0) is 21.0. The largest absolute Gasteiger partial charge is 0.362 e. The van der Waals surface area contributed by atoms with E-state index < -0.39 is 10.8 Å². The summed E-state index contributed by atoms with van der Waals surface area (Å²) in [5.74, 6) is -0.404. The minimum absolute atomic E-state index is 0.00531. The number of nitro groups is 1. The van der Waals surface area contributed by atoms with Crippen LogP contribution in [-0.4, -0.2) is 52.8 Å². The molecule has 0 bridgehead atoms. The highest BCUT2D eigenvalue weighted by molar-refractivity contribution is 5.95. The molecule has 1 aromatic carbocycles. The van der Waals surface area contributed by atoms with Crippen LogP contribution in [0, 0.1) is 17.0 Å². The van der Waals surface area contributed by atoms with Gasteiger partial charge in [-0.1, -0.05) is 6.07 Å². The Kier molecular flexibility index (Phi) is 6.06. The minimum Gasteiger partial charge on any atom is -0.362 e. The molecule has 1 N–H and O–H groups in total. The molecule has 2 amide bonds. The number of carbonyl (C=O) groups is 2. The second-order valence-electron chi connectivity index (χ2n) is 6.91. The molecule has 29 heavy (non-hydrogen) atoms. The van der Waals surface area contributed by atoms with Gasteiger partial charge in [-0.25, -0.2) is 0 Å². The summed E-state index contributed by atoms with van der Waals surface area (Å²) in [6.07, 6.45) is 0. The van der Waals surface area contributed by atoms with E-state index in [1.807, 2.05) is 24.0 Å². The lowest BCUT2D eigenvalue weighted by molar-refractivity contribution is -0.384. The molecule has 0 atom stereocenters. The standard InChI is InChI=1S/C20H23N5O4/c1-14-4-3-5-17(22-14)13-21-20(27)16-6-7-18(19(12-16)25(28)29)24-10-8-23(9-11-24)15(2)26/h3-7,12H,8-11,13H2,1-2H3,(H,21,27). The molecule has 1 fully saturated rings. The summed E-state index contributed by atoms with van der Waals surface area (Å²) in [5.41, 5.74) is 2.11. The van der Waals surface area contributed by atoms with Crippen LogP contribution in [0.25, 0.3) is 0 Å². The van der Waals surface area contributed by atoms with Crippen LogP contribution in [0.3, 0.4) is 0 Å². The van der Waals surface area contributed by atoms with Gasteiger partial charge in [-0.15, -0.1) is 0 Å². The number of benzene rings is 1. The molecule has 9 heteroatoms. The normalized spacial score (nSPS) is 13.9. The third-order valence-electron chi connectivity index (χ3n) is 4.88. The Morgan fingerprint density at radius 3 is 2.52 bits per heavy atom. The van der Waals surface area contributed by atoms with E-state index in [0.717, 1.165) is 5.69 Å². The van der Waals surface area contributed by atoms with E-state index in [9.17, 15) is 19.7 Å². The first-order valence-electron chi connectivity index (χ1n) is 9.35. The van der Waals surface area contributed by atoms with E-state index in [-0.39, 0.29) is 23.7 Å². The summed E-state index contributed by atoms with van der Waals surface area (Å²) in [5, 5.41) is 14.3. The third-order valence-corrected chi connectivity index (χ3v) is 4.88. The first-order chi connectivity index (χ1) is 13.8. The summed E-state index contributed by atoms with van der Waals surface area (Å²) in [4.78, 5) is 43.0. The van der Waals surface area contributed by atoms with Crippen LogP contribution >= 0.6 is 0 Å². The predicted octanol–water partition coefficient (Wildman–Crippen LogP) is 1.90. The summed E-state index contributed by atoms with van der Waals surface area (Å²) >= 11 is 0. The minimum atomic E-state index is -0.481. The lowest BCUT2D eigenvalue weighted by Gasteiger charge is -2.35. The second kappa shape index (κ2) is 8.68. The van der Waals surface area contributed by atoms with Crippen LogP contribution in [0.15, 0.2) is 36.4 Å². The van der Waals surface area contributed by atoms with Gasteiger partial charge in [0.15, 0.2) is 0 Å². The van der Waals surface area contributed by atoms with Gasteiger partial charge in [0.05, 0.1) is 17.2 Å². The van der Waals surface area contributed by atoms with Crippen molar-refractivity contribution in [1.29, 1.82) is 0 Å². The van der Waals surface area contributed by atoms with E-state index >= 15 is 0 Å². The van der Waals surface area contributed by atoms with Crippen LogP contribution < -0.4 is 10.2 Å². The number of aromatic nitrogens is 1. The Hall–Kier alpha value is -3.49. The molecule has 0 saturated carbocycles. The van der Waals surface area contributed by atoms with Crippen LogP contribution in [0.2, 0.25) is 0 Å². The molecule has 3 rings (SSSR count). The summed E-state index contributed by atoms with van der Waals surface area (Å²) < 4.78 is 0. The van der Waals surface area contributed by atoms with Crippen LogP contribution in [-0.2, 0) is 11.3 Å². The molecule has 0 radical (unpaired) electrons. The Morgan fingerprint density at radius 1 is 1.17 bits per heavy atom. The molecule has 1 saturated heterocycles. The lowest BCUT2D eigenvalue weighted by Crippen LogP contribution is -2.48. The first kappa shape index (κ1) is 20.2. The van der Waals surface area contributed by atoms with Gasteiger partial charge in [-0.05, 0) is 31.2 Å². The number of pyridine rings is 1. The Balaban J connectivity index is 1.73. The molecule has 152 valence electrons. The molecule has 1 aromatic heterocycles. The van der Waals surface area contributed by atoms with Crippen LogP contribution in [0.1, 0.15) is 28.7 Å². The van der Waals surface area contributed by atoms with Crippen LogP contribution in [0.4, 0.5) is 11.4 Å². The first-order valence-corrected chi connectivity index (χ1v) is 9.35. The van der Waals surface area contributed by atoms with Crippen molar-refractivity contribution in [3.8, 4) is 0 Å². The van der Waals surface area contributed by atoms with Crippen molar-refractivity contribution in [2.24, 2.45) is 0 Å². The average molecular weight is 397 g/mol. The van der Waals surface area contributed by atoms with Gasteiger partial charge >= 0.3 is 0 Å². The topological polar surface area (TPSA) is 109 Å².